The van der Waals surface area contributed by atoms with Crippen molar-refractivity contribution in [2.24, 2.45) is 0 Å². The Labute approximate surface area is 155 Å². The normalized spacial score (nSPS) is 22.7. The highest BCUT2D eigenvalue weighted by Crippen LogP contribution is 2.43. The highest BCUT2D eigenvalue weighted by molar-refractivity contribution is 7.12. The van der Waals surface area contributed by atoms with Crippen molar-refractivity contribution >= 4 is 34.1 Å². The number of amides is 2. The monoisotopic (exact) mass is 365 g/mol. The van der Waals surface area contributed by atoms with E-state index in [-0.39, 0.29) is 24.4 Å². The minimum Gasteiger partial charge on any atom is -0.356 e. The molecule has 2 aromatic heterocycles. The van der Waals surface area contributed by atoms with Crippen LogP contribution >= 0.6 is 11.3 Å². The topological polar surface area (TPSA) is 56.4 Å². The summed E-state index contributed by atoms with van der Waals surface area (Å²) in [6.45, 7) is 2.21. The zero-order valence-corrected chi connectivity index (χ0v) is 15.5. The van der Waals surface area contributed by atoms with Gasteiger partial charge in [-0.15, -0.1) is 11.3 Å². The minimum absolute atomic E-state index is 0.0115. The third-order valence-corrected chi connectivity index (χ3v) is 6.54. The number of para-hydroxylation sites is 1. The first-order valence-corrected chi connectivity index (χ1v) is 9.58. The fourth-order valence-corrected chi connectivity index (χ4v) is 5.29. The number of benzene rings is 1. The lowest BCUT2D eigenvalue weighted by molar-refractivity contribution is -0.157. The molecule has 1 fully saturated rings. The van der Waals surface area contributed by atoms with E-state index in [0.29, 0.717) is 6.42 Å². The van der Waals surface area contributed by atoms with E-state index in [1.54, 1.807) is 23.3 Å². The first-order valence-electron chi connectivity index (χ1n) is 8.76. The van der Waals surface area contributed by atoms with Crippen molar-refractivity contribution in [1.82, 2.24) is 14.8 Å². The van der Waals surface area contributed by atoms with Crippen molar-refractivity contribution in [3.8, 4) is 0 Å². The van der Waals surface area contributed by atoms with Gasteiger partial charge in [0.05, 0.1) is 6.54 Å². The number of likely N-dealkylation sites (N-methyl/N-ethyl adjacent to an activating group) is 1. The van der Waals surface area contributed by atoms with E-state index in [9.17, 15) is 9.59 Å². The van der Waals surface area contributed by atoms with E-state index in [1.807, 2.05) is 17.0 Å². The lowest BCUT2D eigenvalue weighted by atomic mass is 9.88. The van der Waals surface area contributed by atoms with Crippen LogP contribution in [0.5, 0.6) is 0 Å². The number of hydrogen-bond donors (Lipinski definition) is 1. The van der Waals surface area contributed by atoms with Crippen molar-refractivity contribution in [2.45, 2.75) is 25.4 Å². The van der Waals surface area contributed by atoms with Crippen LogP contribution in [0.3, 0.4) is 0 Å². The van der Waals surface area contributed by atoms with Gasteiger partial charge in [0.15, 0.2) is 0 Å². The molecule has 0 spiro atoms. The fourth-order valence-electron chi connectivity index (χ4n) is 4.31. The number of H-pyrrole nitrogens is 1. The number of rotatable bonds is 1. The van der Waals surface area contributed by atoms with Crippen LogP contribution in [-0.4, -0.2) is 46.2 Å². The molecule has 0 aliphatic carbocycles. The summed E-state index contributed by atoms with van der Waals surface area (Å²) in [6.07, 6.45) is 0.565. The van der Waals surface area contributed by atoms with Gasteiger partial charge in [0.2, 0.25) is 11.8 Å². The first-order chi connectivity index (χ1) is 12.5. The molecule has 0 bridgehead atoms. The maximum absolute atomic E-state index is 12.9. The molecule has 1 aromatic carbocycles. The molecular formula is C20H19N3O2S. The molecule has 132 valence electrons. The summed E-state index contributed by atoms with van der Waals surface area (Å²) in [4.78, 5) is 35.0. The average Bonchev–Trinajstić information content (AvgIpc) is 3.21. The van der Waals surface area contributed by atoms with Crippen molar-refractivity contribution in [3.05, 3.63) is 57.4 Å². The third kappa shape index (κ3) is 2.08. The Morgan fingerprint density at radius 2 is 1.96 bits per heavy atom. The second kappa shape index (κ2) is 5.45. The van der Waals surface area contributed by atoms with Gasteiger partial charge >= 0.3 is 0 Å². The van der Waals surface area contributed by atoms with Gasteiger partial charge in [-0.05, 0) is 30.7 Å². The van der Waals surface area contributed by atoms with Crippen molar-refractivity contribution in [1.29, 1.82) is 0 Å². The second-order valence-electron chi connectivity index (χ2n) is 7.13. The number of piperazine rings is 1. The first kappa shape index (κ1) is 15.6. The Bertz CT molecular complexity index is 1050. The van der Waals surface area contributed by atoms with Crippen LogP contribution in [0.2, 0.25) is 0 Å². The van der Waals surface area contributed by atoms with E-state index < -0.39 is 6.04 Å². The van der Waals surface area contributed by atoms with Gasteiger partial charge in [-0.1, -0.05) is 18.2 Å². The number of fused-ring (bicyclic) bond motifs is 4. The van der Waals surface area contributed by atoms with Gasteiger partial charge in [-0.25, -0.2) is 0 Å². The number of aromatic nitrogens is 1. The van der Waals surface area contributed by atoms with Crippen LogP contribution in [-0.2, 0) is 16.0 Å². The highest BCUT2D eigenvalue weighted by Gasteiger charge is 2.47. The highest BCUT2D eigenvalue weighted by atomic mass is 32.1. The zero-order chi connectivity index (χ0) is 18.0. The fraction of sp³-hybridized carbons (Fsp3) is 0.300. The van der Waals surface area contributed by atoms with Gasteiger partial charge in [-0.3, -0.25) is 9.59 Å². The summed E-state index contributed by atoms with van der Waals surface area (Å²) in [6, 6.07) is 11.7. The van der Waals surface area contributed by atoms with Crippen molar-refractivity contribution < 1.29 is 9.59 Å². The van der Waals surface area contributed by atoms with Gasteiger partial charge in [0.25, 0.3) is 0 Å². The number of nitrogens with zero attached hydrogens (tertiary/aromatic N) is 2. The van der Waals surface area contributed by atoms with Crippen molar-refractivity contribution in [2.75, 3.05) is 13.6 Å². The molecule has 2 aliphatic rings. The van der Waals surface area contributed by atoms with E-state index in [0.717, 1.165) is 27.0 Å². The molecule has 5 rings (SSSR count). The number of aromatic amines is 1. The van der Waals surface area contributed by atoms with E-state index in [4.69, 9.17) is 0 Å². The van der Waals surface area contributed by atoms with Gasteiger partial charge in [0.1, 0.15) is 12.1 Å². The van der Waals surface area contributed by atoms with E-state index in [1.165, 1.54) is 4.88 Å². The van der Waals surface area contributed by atoms with Crippen LogP contribution in [0, 0.1) is 6.92 Å². The molecule has 2 aliphatic heterocycles. The molecular weight excluding hydrogens is 346 g/mol. The molecule has 0 unspecified atom stereocenters. The molecule has 0 saturated carbocycles. The van der Waals surface area contributed by atoms with Crippen LogP contribution in [0.25, 0.3) is 10.9 Å². The molecule has 26 heavy (non-hydrogen) atoms. The Balaban J connectivity index is 1.77. The van der Waals surface area contributed by atoms with Gasteiger partial charge < -0.3 is 14.8 Å². The molecule has 3 aromatic rings. The van der Waals surface area contributed by atoms with Crippen LogP contribution in [0.4, 0.5) is 0 Å². The van der Waals surface area contributed by atoms with Crippen LogP contribution in [0.15, 0.2) is 36.4 Å². The standard InChI is InChI=1S/C20H19N3O2S/c1-11-7-8-16(26-11)19-18-13(12-5-3-4-6-14(12)21-18)9-15-20(25)22(2)10-17(24)23(15)19/h3-8,15,19,21H,9-10H2,1-2H3/t15-,19-/m0/s1. The largest absolute Gasteiger partial charge is 0.356 e. The summed E-state index contributed by atoms with van der Waals surface area (Å²) in [5, 5.41) is 1.15. The minimum atomic E-state index is -0.430. The quantitative estimate of drug-likeness (QED) is 0.721. The molecule has 0 radical (unpaired) electrons. The maximum Gasteiger partial charge on any atom is 0.245 e. The lowest BCUT2D eigenvalue weighted by Gasteiger charge is -2.45. The summed E-state index contributed by atoms with van der Waals surface area (Å²) in [5.74, 6) is 0.0382. The summed E-state index contributed by atoms with van der Waals surface area (Å²) >= 11 is 1.69. The molecule has 6 heteroatoms. The maximum atomic E-state index is 12.9. The third-order valence-electron chi connectivity index (χ3n) is 5.48. The predicted octanol–water partition coefficient (Wildman–Crippen LogP) is 2.85. The smallest absolute Gasteiger partial charge is 0.245 e. The molecule has 2 amide bonds. The summed E-state index contributed by atoms with van der Waals surface area (Å²) < 4.78 is 0. The zero-order valence-electron chi connectivity index (χ0n) is 14.7. The Kier molecular flexibility index (Phi) is 3.28. The second-order valence-corrected chi connectivity index (χ2v) is 8.45. The summed E-state index contributed by atoms with van der Waals surface area (Å²) in [7, 11) is 1.71. The number of carbonyl (C=O) groups excluding carboxylic acids is 2. The number of nitrogens with one attached hydrogen (secondary N) is 1. The van der Waals surface area contributed by atoms with Crippen LogP contribution < -0.4 is 0 Å². The molecule has 4 heterocycles. The van der Waals surface area contributed by atoms with E-state index in [2.05, 4.69) is 36.2 Å². The summed E-state index contributed by atoms with van der Waals surface area (Å²) in [5.41, 5.74) is 3.27. The number of thiophene rings is 1. The average molecular weight is 365 g/mol. The number of hydrogen-bond acceptors (Lipinski definition) is 3. The molecule has 5 nitrogen and oxygen atoms in total. The SMILES string of the molecule is Cc1ccc([C@H]2c3[nH]c4ccccc4c3C[C@H]3C(=O)N(C)CC(=O)N23)s1. The Hall–Kier alpha value is -2.60. The number of aryl methyl sites for hydroxylation is 1. The van der Waals surface area contributed by atoms with Crippen molar-refractivity contribution in [3.63, 3.8) is 0 Å². The van der Waals surface area contributed by atoms with Crippen LogP contribution in [0.1, 0.15) is 27.1 Å². The molecule has 1 N–H and O–H groups in total. The molecule has 1 saturated heterocycles. The predicted molar refractivity (Wildman–Crippen MR) is 101 cm³/mol. The number of carbonyl (C=O) groups is 2. The Morgan fingerprint density at radius 3 is 2.73 bits per heavy atom. The van der Waals surface area contributed by atoms with Gasteiger partial charge in [0, 0.05) is 39.8 Å². The van der Waals surface area contributed by atoms with E-state index >= 15 is 0 Å². The Morgan fingerprint density at radius 1 is 1.15 bits per heavy atom. The lowest BCUT2D eigenvalue weighted by Crippen LogP contribution is -2.62. The molecule has 2 atom stereocenters. The van der Waals surface area contributed by atoms with Gasteiger partial charge in [-0.2, -0.15) is 0 Å².